The van der Waals surface area contributed by atoms with Crippen LogP contribution in [0, 0.1) is 17.8 Å². The van der Waals surface area contributed by atoms with E-state index in [0.717, 1.165) is 42.6 Å². The number of rotatable bonds is 8. The first-order valence-electron chi connectivity index (χ1n) is 12.4. The number of hydrogen-bond acceptors (Lipinski definition) is 6. The lowest BCUT2D eigenvalue weighted by atomic mass is 9.48. The van der Waals surface area contributed by atoms with Crippen LogP contribution < -0.4 is 10.1 Å². The predicted octanol–water partition coefficient (Wildman–Crippen LogP) is 3.93. The smallest absolute Gasteiger partial charge is 0.337 e. The second kappa shape index (κ2) is 9.63. The van der Waals surface area contributed by atoms with Crippen LogP contribution >= 0.6 is 0 Å². The van der Waals surface area contributed by atoms with E-state index >= 15 is 0 Å². The summed E-state index contributed by atoms with van der Waals surface area (Å²) in [5.41, 5.74) is 2.59. The summed E-state index contributed by atoms with van der Waals surface area (Å²) in [5.74, 6) is 2.21. The third-order valence-corrected chi connectivity index (χ3v) is 8.06. The molecular formula is C28H33NO6. The Kier molecular flexibility index (Phi) is 6.55. The van der Waals surface area contributed by atoms with Gasteiger partial charge in [0.15, 0.2) is 0 Å². The van der Waals surface area contributed by atoms with Gasteiger partial charge in [0.05, 0.1) is 19.3 Å². The van der Waals surface area contributed by atoms with Crippen molar-refractivity contribution in [3.8, 4) is 5.75 Å². The van der Waals surface area contributed by atoms with Crippen LogP contribution in [0.1, 0.15) is 64.8 Å². The molecule has 2 aromatic carbocycles. The highest BCUT2D eigenvalue weighted by molar-refractivity contribution is 6.04. The Morgan fingerprint density at radius 3 is 2.17 bits per heavy atom. The molecule has 35 heavy (non-hydrogen) atoms. The monoisotopic (exact) mass is 479 g/mol. The first kappa shape index (κ1) is 23.8. The van der Waals surface area contributed by atoms with Crippen LogP contribution in [0.3, 0.4) is 0 Å². The molecule has 4 aliphatic rings. The van der Waals surface area contributed by atoms with Crippen LogP contribution in [-0.4, -0.2) is 48.5 Å². The van der Waals surface area contributed by atoms with Gasteiger partial charge in [-0.2, -0.15) is 0 Å². The molecule has 1 unspecified atom stereocenters. The molecular weight excluding hydrogens is 446 g/mol. The minimum absolute atomic E-state index is 0.00724. The van der Waals surface area contributed by atoms with Gasteiger partial charge in [0.25, 0.3) is 5.91 Å². The van der Waals surface area contributed by atoms with Crippen LogP contribution in [0.4, 0.5) is 5.69 Å². The van der Waals surface area contributed by atoms with Gasteiger partial charge >= 0.3 is 5.97 Å². The van der Waals surface area contributed by atoms with E-state index in [1.807, 2.05) is 12.1 Å². The van der Waals surface area contributed by atoms with Crippen LogP contribution in [0.2, 0.25) is 0 Å². The molecule has 7 nitrogen and oxygen atoms in total. The molecule has 4 saturated carbocycles. The molecule has 3 N–H and O–H groups in total. The fraction of sp³-hybridized carbons (Fsp3) is 0.500. The Hall–Kier alpha value is -2.90. The topological polar surface area (TPSA) is 105 Å². The van der Waals surface area contributed by atoms with Crippen LogP contribution in [-0.2, 0) is 10.2 Å². The van der Waals surface area contributed by atoms with Crippen molar-refractivity contribution in [2.75, 3.05) is 25.6 Å². The third kappa shape index (κ3) is 4.80. The van der Waals surface area contributed by atoms with Gasteiger partial charge in [0.1, 0.15) is 18.5 Å². The van der Waals surface area contributed by atoms with Gasteiger partial charge in [-0.05, 0) is 104 Å². The van der Waals surface area contributed by atoms with Gasteiger partial charge in [-0.25, -0.2) is 4.79 Å². The first-order chi connectivity index (χ1) is 16.9. The average Bonchev–Trinajstić information content (AvgIpc) is 2.86. The van der Waals surface area contributed by atoms with E-state index in [1.165, 1.54) is 26.4 Å². The molecule has 0 heterocycles. The van der Waals surface area contributed by atoms with E-state index in [0.29, 0.717) is 22.6 Å². The molecule has 4 fully saturated rings. The average molecular weight is 480 g/mol. The first-order valence-corrected chi connectivity index (χ1v) is 12.4. The van der Waals surface area contributed by atoms with E-state index < -0.39 is 12.1 Å². The summed E-state index contributed by atoms with van der Waals surface area (Å²) in [7, 11) is 1.33. The van der Waals surface area contributed by atoms with Gasteiger partial charge in [-0.1, -0.05) is 0 Å². The van der Waals surface area contributed by atoms with Gasteiger partial charge in [0, 0.05) is 16.8 Å². The number of hydrogen-bond donors (Lipinski definition) is 3. The van der Waals surface area contributed by atoms with Crippen molar-refractivity contribution in [1.82, 2.24) is 0 Å². The highest BCUT2D eigenvalue weighted by Crippen LogP contribution is 2.62. The summed E-state index contributed by atoms with van der Waals surface area (Å²) in [5, 5.41) is 22.0. The normalized spacial score (nSPS) is 27.3. The zero-order chi connectivity index (χ0) is 24.6. The summed E-state index contributed by atoms with van der Waals surface area (Å²) in [6.45, 7) is -0.351. The largest absolute Gasteiger partial charge is 0.490 e. The Morgan fingerprint density at radius 2 is 1.60 bits per heavy atom. The molecule has 0 spiro atoms. The number of carbonyl (C=O) groups is 2. The number of benzene rings is 2. The maximum Gasteiger partial charge on any atom is 0.337 e. The number of aliphatic hydroxyl groups is 2. The van der Waals surface area contributed by atoms with Crippen molar-refractivity contribution < 1.29 is 29.3 Å². The molecule has 0 saturated heterocycles. The number of anilines is 1. The second-order valence-electron chi connectivity index (χ2n) is 10.6. The molecule has 2 aromatic rings. The van der Waals surface area contributed by atoms with E-state index in [9.17, 15) is 19.8 Å². The van der Waals surface area contributed by atoms with Gasteiger partial charge in [-0.3, -0.25) is 4.79 Å². The summed E-state index contributed by atoms with van der Waals surface area (Å²) in [6.07, 6.45) is 6.30. The molecule has 186 valence electrons. The maximum absolute atomic E-state index is 13.2. The minimum Gasteiger partial charge on any atom is -0.490 e. The Morgan fingerprint density at radius 1 is 1.00 bits per heavy atom. The Balaban J connectivity index is 1.42. The van der Waals surface area contributed by atoms with Crippen molar-refractivity contribution in [2.24, 2.45) is 17.8 Å². The van der Waals surface area contributed by atoms with Gasteiger partial charge in [-0.15, -0.1) is 0 Å². The fourth-order valence-corrected chi connectivity index (χ4v) is 6.90. The molecule has 1 amide bonds. The van der Waals surface area contributed by atoms with Crippen LogP contribution in [0.15, 0.2) is 42.5 Å². The van der Waals surface area contributed by atoms with Gasteiger partial charge < -0.3 is 25.0 Å². The number of amides is 1. The van der Waals surface area contributed by atoms with Crippen molar-refractivity contribution in [3.63, 3.8) is 0 Å². The summed E-state index contributed by atoms with van der Waals surface area (Å²) < 4.78 is 10.7. The van der Waals surface area contributed by atoms with E-state index in [2.05, 4.69) is 5.32 Å². The van der Waals surface area contributed by atoms with E-state index in [-0.39, 0.29) is 24.5 Å². The maximum atomic E-state index is 13.2. The fourth-order valence-electron chi connectivity index (χ4n) is 6.90. The zero-order valence-corrected chi connectivity index (χ0v) is 20.0. The molecule has 4 bridgehead atoms. The zero-order valence-electron chi connectivity index (χ0n) is 20.0. The highest BCUT2D eigenvalue weighted by atomic mass is 16.5. The van der Waals surface area contributed by atoms with Crippen molar-refractivity contribution in [3.05, 3.63) is 59.2 Å². The van der Waals surface area contributed by atoms with Crippen LogP contribution in [0.25, 0.3) is 0 Å². The number of esters is 1. The summed E-state index contributed by atoms with van der Waals surface area (Å²) in [6, 6.07) is 12.1. The van der Waals surface area contributed by atoms with Crippen molar-refractivity contribution >= 4 is 17.6 Å². The number of methoxy groups -OCH3 is 1. The number of ether oxygens (including phenoxy) is 2. The third-order valence-electron chi connectivity index (χ3n) is 8.06. The Bertz CT molecular complexity index is 1060. The lowest BCUT2D eigenvalue weighted by molar-refractivity contribution is -0.00739. The van der Waals surface area contributed by atoms with Crippen LogP contribution in [0.5, 0.6) is 5.75 Å². The SMILES string of the molecule is COC(=O)c1ccc(NC(=O)c2ccc(OCC(O)CO)c(C34CC5CC(CC(C5)C3)C4)c2)cc1. The summed E-state index contributed by atoms with van der Waals surface area (Å²) in [4.78, 5) is 24.8. The van der Waals surface area contributed by atoms with E-state index in [1.54, 1.807) is 30.3 Å². The van der Waals surface area contributed by atoms with Crippen molar-refractivity contribution in [2.45, 2.75) is 50.0 Å². The van der Waals surface area contributed by atoms with E-state index in [4.69, 9.17) is 9.47 Å². The highest BCUT2D eigenvalue weighted by Gasteiger charge is 2.52. The molecule has 1 atom stereocenters. The predicted molar refractivity (Wildman–Crippen MR) is 131 cm³/mol. The molecule has 4 aliphatic carbocycles. The number of aliphatic hydroxyl groups excluding tert-OH is 2. The molecule has 0 radical (unpaired) electrons. The lowest BCUT2D eigenvalue weighted by Gasteiger charge is -2.57. The molecule has 0 aliphatic heterocycles. The number of carbonyl (C=O) groups excluding carboxylic acids is 2. The summed E-state index contributed by atoms with van der Waals surface area (Å²) >= 11 is 0. The Labute approximate surface area is 205 Å². The lowest BCUT2D eigenvalue weighted by Crippen LogP contribution is -2.48. The minimum atomic E-state index is -0.949. The second-order valence-corrected chi connectivity index (χ2v) is 10.6. The van der Waals surface area contributed by atoms with Gasteiger partial charge in [0.2, 0.25) is 0 Å². The van der Waals surface area contributed by atoms with Crippen molar-refractivity contribution in [1.29, 1.82) is 0 Å². The standard InChI is InChI=1S/C28H33NO6/c1-34-27(33)20-2-5-22(6-3-20)29-26(32)21-4-7-25(35-16-23(31)15-30)24(11-21)28-12-17-8-18(13-28)10-19(9-17)14-28/h2-7,11,17-19,23,30-31H,8-10,12-16H2,1H3,(H,29,32). The quantitative estimate of drug-likeness (QED) is 0.496. The molecule has 0 aromatic heterocycles. The molecule has 7 heteroatoms. The number of nitrogens with one attached hydrogen (secondary N) is 1. The molecule has 6 rings (SSSR count).